The molecule has 5 heteroatoms. The van der Waals surface area contributed by atoms with Crippen LogP contribution in [-0.2, 0) is 0 Å². The van der Waals surface area contributed by atoms with Crippen LogP contribution < -0.4 is 5.32 Å². The maximum Gasteiger partial charge on any atom is 0.252 e. The minimum absolute atomic E-state index is 0.0260. The van der Waals surface area contributed by atoms with E-state index in [1.54, 1.807) is 0 Å². The topological polar surface area (TPSA) is 49.3 Å². The first-order chi connectivity index (χ1) is 8.06. The Morgan fingerprint density at radius 1 is 1.47 bits per heavy atom. The highest BCUT2D eigenvalue weighted by molar-refractivity contribution is 6.33. The zero-order valence-corrected chi connectivity index (χ0v) is 10.7. The van der Waals surface area contributed by atoms with Gasteiger partial charge in [0.25, 0.3) is 5.91 Å². The zero-order chi connectivity index (χ0) is 12.5. The largest absolute Gasteiger partial charge is 0.508 e. The second-order valence-electron chi connectivity index (χ2n) is 4.48. The van der Waals surface area contributed by atoms with E-state index in [1.165, 1.54) is 18.2 Å². The Hall–Kier alpha value is -0.930. The number of amides is 1. The van der Waals surface area contributed by atoms with E-state index < -0.39 is 0 Å². The summed E-state index contributed by atoms with van der Waals surface area (Å²) in [6.07, 6.45) is 2.09. The second-order valence-corrected chi connectivity index (χ2v) is 5.15. The summed E-state index contributed by atoms with van der Waals surface area (Å²) in [6.45, 7) is 0.557. The van der Waals surface area contributed by atoms with E-state index in [-0.39, 0.29) is 22.6 Å². The number of benzene rings is 1. The van der Waals surface area contributed by atoms with Crippen LogP contribution in [0.25, 0.3) is 0 Å². The van der Waals surface area contributed by atoms with E-state index in [0.29, 0.717) is 17.4 Å². The average molecular weight is 274 g/mol. The summed E-state index contributed by atoms with van der Waals surface area (Å²) in [5.74, 6) is 0.307. The molecule has 0 spiro atoms. The molecule has 0 atom stereocenters. The Labute approximate surface area is 110 Å². The van der Waals surface area contributed by atoms with E-state index in [2.05, 4.69) is 5.32 Å². The van der Waals surface area contributed by atoms with Gasteiger partial charge in [-0.05, 0) is 31.0 Å². The molecule has 0 radical (unpaired) electrons. The lowest BCUT2D eigenvalue weighted by molar-refractivity contribution is 0.0946. The summed E-state index contributed by atoms with van der Waals surface area (Å²) < 4.78 is 0. The molecule has 3 nitrogen and oxygen atoms in total. The number of rotatable bonds is 4. The van der Waals surface area contributed by atoms with Crippen LogP contribution in [0, 0.1) is 5.41 Å². The van der Waals surface area contributed by atoms with Crippen molar-refractivity contribution in [3.8, 4) is 5.75 Å². The van der Waals surface area contributed by atoms with Crippen LogP contribution in [0.2, 0.25) is 5.02 Å². The molecule has 0 aliphatic heterocycles. The maximum absolute atomic E-state index is 11.9. The first-order valence-electron chi connectivity index (χ1n) is 5.39. The molecule has 1 aromatic carbocycles. The monoisotopic (exact) mass is 273 g/mol. The highest BCUT2D eigenvalue weighted by atomic mass is 35.5. The molecule has 1 saturated carbocycles. The summed E-state index contributed by atoms with van der Waals surface area (Å²) in [7, 11) is 0. The molecule has 17 heavy (non-hydrogen) atoms. The molecule has 1 amide bonds. The molecule has 0 aromatic heterocycles. The molecule has 2 rings (SSSR count). The van der Waals surface area contributed by atoms with Gasteiger partial charge >= 0.3 is 0 Å². The third-order valence-electron chi connectivity index (χ3n) is 3.06. The van der Waals surface area contributed by atoms with Gasteiger partial charge in [-0.2, -0.15) is 0 Å². The fourth-order valence-corrected chi connectivity index (χ4v) is 2.15. The third kappa shape index (κ3) is 2.85. The normalized spacial score (nSPS) is 16.6. The van der Waals surface area contributed by atoms with Crippen molar-refractivity contribution in [2.45, 2.75) is 12.8 Å². The minimum atomic E-state index is -0.276. The van der Waals surface area contributed by atoms with Crippen LogP contribution in [-0.4, -0.2) is 23.4 Å². The highest BCUT2D eigenvalue weighted by Crippen LogP contribution is 2.45. The first kappa shape index (κ1) is 12.5. The molecule has 1 aliphatic carbocycles. The van der Waals surface area contributed by atoms with Gasteiger partial charge in [-0.15, -0.1) is 11.6 Å². The van der Waals surface area contributed by atoms with E-state index in [4.69, 9.17) is 23.2 Å². The summed E-state index contributed by atoms with van der Waals surface area (Å²) in [5, 5.41) is 12.4. The number of nitrogens with one attached hydrogen (secondary N) is 1. The van der Waals surface area contributed by atoms with Crippen LogP contribution in [0.3, 0.4) is 0 Å². The minimum Gasteiger partial charge on any atom is -0.508 e. The van der Waals surface area contributed by atoms with Crippen molar-refractivity contribution in [2.75, 3.05) is 12.4 Å². The summed E-state index contributed by atoms with van der Waals surface area (Å²) in [6, 6.07) is 4.30. The van der Waals surface area contributed by atoms with Gasteiger partial charge in [-0.3, -0.25) is 4.79 Å². The molecular weight excluding hydrogens is 261 g/mol. The van der Waals surface area contributed by atoms with Gasteiger partial charge in [0.05, 0.1) is 10.6 Å². The molecule has 92 valence electrons. The number of hydrogen-bond donors (Lipinski definition) is 2. The standard InChI is InChI=1S/C12H13Cl2NO2/c13-6-12(3-4-12)7-15-11(17)9-5-8(16)1-2-10(9)14/h1-2,5,16H,3-4,6-7H2,(H,15,17). The molecular formula is C12H13Cl2NO2. The highest BCUT2D eigenvalue weighted by Gasteiger charge is 2.41. The summed E-state index contributed by atoms with van der Waals surface area (Å²) >= 11 is 11.7. The van der Waals surface area contributed by atoms with Crippen LogP contribution in [0.5, 0.6) is 5.75 Å². The quantitative estimate of drug-likeness (QED) is 0.829. The van der Waals surface area contributed by atoms with E-state index >= 15 is 0 Å². The number of phenols is 1. The van der Waals surface area contributed by atoms with Crippen molar-refractivity contribution in [3.63, 3.8) is 0 Å². The second kappa shape index (κ2) is 4.75. The summed E-state index contributed by atoms with van der Waals surface area (Å²) in [4.78, 5) is 11.9. The van der Waals surface area contributed by atoms with Crippen LogP contribution in [0.15, 0.2) is 18.2 Å². The Balaban J connectivity index is 2.02. The van der Waals surface area contributed by atoms with Gasteiger partial charge in [0.15, 0.2) is 0 Å². The Morgan fingerprint density at radius 2 is 2.18 bits per heavy atom. The van der Waals surface area contributed by atoms with Gasteiger partial charge in [-0.1, -0.05) is 11.6 Å². The lowest BCUT2D eigenvalue weighted by Crippen LogP contribution is -2.31. The van der Waals surface area contributed by atoms with Gasteiger partial charge in [-0.25, -0.2) is 0 Å². The van der Waals surface area contributed by atoms with Crippen molar-refractivity contribution in [1.29, 1.82) is 0 Å². The van der Waals surface area contributed by atoms with Crippen LogP contribution in [0.1, 0.15) is 23.2 Å². The van der Waals surface area contributed by atoms with E-state index in [9.17, 15) is 9.90 Å². The lowest BCUT2D eigenvalue weighted by atomic mass is 10.1. The van der Waals surface area contributed by atoms with Gasteiger partial charge in [0.2, 0.25) is 0 Å². The van der Waals surface area contributed by atoms with Gasteiger partial charge < -0.3 is 10.4 Å². The molecule has 0 heterocycles. The number of halogens is 2. The van der Waals surface area contributed by atoms with Crippen molar-refractivity contribution in [1.82, 2.24) is 5.32 Å². The van der Waals surface area contributed by atoms with Gasteiger partial charge in [0.1, 0.15) is 5.75 Å². The molecule has 0 bridgehead atoms. The molecule has 0 unspecified atom stereocenters. The SMILES string of the molecule is O=C(NCC1(CCl)CC1)c1cc(O)ccc1Cl. The van der Waals surface area contributed by atoms with Crippen LogP contribution in [0.4, 0.5) is 0 Å². The number of hydrogen-bond acceptors (Lipinski definition) is 2. The number of carbonyl (C=O) groups excluding carboxylic acids is 1. The number of alkyl halides is 1. The zero-order valence-electron chi connectivity index (χ0n) is 9.17. The van der Waals surface area contributed by atoms with Crippen molar-refractivity contribution in [3.05, 3.63) is 28.8 Å². The predicted molar refractivity (Wildman–Crippen MR) is 67.8 cm³/mol. The van der Waals surface area contributed by atoms with Crippen molar-refractivity contribution >= 4 is 29.1 Å². The number of aromatic hydroxyl groups is 1. The number of carbonyl (C=O) groups is 1. The fraction of sp³-hybridized carbons (Fsp3) is 0.417. The Bertz CT molecular complexity index is 444. The smallest absolute Gasteiger partial charge is 0.252 e. The van der Waals surface area contributed by atoms with Crippen molar-refractivity contribution in [2.24, 2.45) is 5.41 Å². The third-order valence-corrected chi connectivity index (χ3v) is 3.96. The number of phenolic OH excluding ortho intramolecular Hbond substituents is 1. The average Bonchev–Trinajstić information content (AvgIpc) is 3.10. The fourth-order valence-electron chi connectivity index (χ4n) is 1.58. The maximum atomic E-state index is 11.9. The van der Waals surface area contributed by atoms with Crippen LogP contribution >= 0.6 is 23.2 Å². The van der Waals surface area contributed by atoms with E-state index in [0.717, 1.165) is 12.8 Å². The first-order valence-corrected chi connectivity index (χ1v) is 6.30. The van der Waals surface area contributed by atoms with Crippen molar-refractivity contribution < 1.29 is 9.90 Å². The predicted octanol–water partition coefficient (Wildman–Crippen LogP) is 2.79. The molecule has 1 aliphatic rings. The molecule has 2 N–H and O–H groups in total. The lowest BCUT2D eigenvalue weighted by Gasteiger charge is -2.13. The van der Waals surface area contributed by atoms with Gasteiger partial charge in [0, 0.05) is 17.8 Å². The van der Waals surface area contributed by atoms with E-state index in [1.807, 2.05) is 0 Å². The Kier molecular flexibility index (Phi) is 3.50. The molecule has 1 aromatic rings. The molecule has 1 fully saturated rings. The Morgan fingerprint density at radius 3 is 2.76 bits per heavy atom. The summed E-state index contributed by atoms with van der Waals surface area (Å²) in [5.41, 5.74) is 0.359. The molecule has 0 saturated heterocycles.